The molecule has 0 aliphatic rings. The van der Waals surface area contributed by atoms with Crippen molar-refractivity contribution >= 4 is 0 Å². The van der Waals surface area contributed by atoms with E-state index in [1.165, 1.54) is 16.7 Å². The van der Waals surface area contributed by atoms with Crippen LogP contribution in [0.3, 0.4) is 0 Å². The smallest absolute Gasteiger partial charge is 0.0662 e. The third-order valence-corrected chi connectivity index (χ3v) is 4.73. The van der Waals surface area contributed by atoms with Crippen molar-refractivity contribution in [1.82, 2.24) is 19.7 Å². The van der Waals surface area contributed by atoms with Gasteiger partial charge in [-0.1, -0.05) is 31.2 Å². The van der Waals surface area contributed by atoms with E-state index in [9.17, 15) is 0 Å². The zero-order chi connectivity index (χ0) is 17.5. The highest BCUT2D eigenvalue weighted by atomic mass is 15.3. The van der Waals surface area contributed by atoms with Crippen LogP contribution in [-0.4, -0.2) is 25.7 Å². The molecule has 0 saturated heterocycles. The second kappa shape index (κ2) is 8.58. The molecule has 3 rings (SSSR count). The molecule has 4 nitrogen and oxygen atoms in total. The van der Waals surface area contributed by atoms with Crippen molar-refractivity contribution < 1.29 is 0 Å². The van der Waals surface area contributed by atoms with Crippen molar-refractivity contribution in [1.29, 1.82) is 0 Å². The van der Waals surface area contributed by atoms with Gasteiger partial charge in [-0.05, 0) is 48.2 Å². The molecule has 1 aromatic carbocycles. The summed E-state index contributed by atoms with van der Waals surface area (Å²) >= 11 is 0. The number of hydrogen-bond acceptors (Lipinski definition) is 3. The molecule has 2 heterocycles. The quantitative estimate of drug-likeness (QED) is 0.621. The van der Waals surface area contributed by atoms with Gasteiger partial charge in [-0.15, -0.1) is 0 Å². The Morgan fingerprint density at radius 3 is 2.40 bits per heavy atom. The lowest BCUT2D eigenvalue weighted by molar-refractivity contribution is 0.185. The summed E-state index contributed by atoms with van der Waals surface area (Å²) in [7, 11) is 0. The molecule has 0 saturated carbocycles. The standard InChI is InChI=1S/C21H26N4/c1-3-18(2)24(15-19-9-12-22-13-10-19)16-20-7-4-5-8-21(20)17-25-14-6-11-23-25/h4-14,18H,3,15-17H2,1-2H3/t18-/m0/s1. The van der Waals surface area contributed by atoms with Gasteiger partial charge in [0.25, 0.3) is 0 Å². The van der Waals surface area contributed by atoms with Crippen LogP contribution in [0.1, 0.15) is 37.0 Å². The molecule has 3 aromatic rings. The number of rotatable bonds is 8. The Morgan fingerprint density at radius 2 is 1.72 bits per heavy atom. The van der Waals surface area contributed by atoms with E-state index in [1.54, 1.807) is 0 Å². The fourth-order valence-corrected chi connectivity index (χ4v) is 3.00. The minimum atomic E-state index is 0.519. The maximum atomic E-state index is 4.35. The average molecular weight is 334 g/mol. The molecule has 130 valence electrons. The monoisotopic (exact) mass is 334 g/mol. The van der Waals surface area contributed by atoms with Gasteiger partial charge >= 0.3 is 0 Å². The van der Waals surface area contributed by atoms with Crippen molar-refractivity contribution in [2.75, 3.05) is 0 Å². The normalized spacial score (nSPS) is 12.4. The minimum Gasteiger partial charge on any atom is -0.292 e. The Kier molecular flexibility index (Phi) is 5.96. The molecule has 0 aliphatic carbocycles. The molecule has 0 spiro atoms. The first kappa shape index (κ1) is 17.4. The summed E-state index contributed by atoms with van der Waals surface area (Å²) in [6, 6.07) is 15.4. The van der Waals surface area contributed by atoms with Gasteiger partial charge in [-0.2, -0.15) is 5.10 Å². The van der Waals surface area contributed by atoms with Gasteiger partial charge in [0.05, 0.1) is 6.54 Å². The minimum absolute atomic E-state index is 0.519. The summed E-state index contributed by atoms with van der Waals surface area (Å²) < 4.78 is 1.98. The first-order chi connectivity index (χ1) is 12.3. The Bertz CT molecular complexity index is 753. The molecular weight excluding hydrogens is 308 g/mol. The molecule has 0 bridgehead atoms. The van der Waals surface area contributed by atoms with Gasteiger partial charge in [-0.25, -0.2) is 0 Å². The molecule has 0 amide bonds. The van der Waals surface area contributed by atoms with Crippen molar-refractivity contribution in [3.05, 3.63) is 83.9 Å². The van der Waals surface area contributed by atoms with Crippen LogP contribution in [0, 0.1) is 0 Å². The van der Waals surface area contributed by atoms with E-state index in [0.717, 1.165) is 26.1 Å². The molecule has 0 N–H and O–H groups in total. The summed E-state index contributed by atoms with van der Waals surface area (Å²) in [6.45, 7) is 7.24. The molecule has 0 aliphatic heterocycles. The lowest BCUT2D eigenvalue weighted by atomic mass is 10.0. The number of pyridine rings is 1. The topological polar surface area (TPSA) is 34.0 Å². The van der Waals surface area contributed by atoms with Crippen molar-refractivity contribution in [3.63, 3.8) is 0 Å². The molecule has 0 fully saturated rings. The first-order valence-corrected chi connectivity index (χ1v) is 8.93. The highest BCUT2D eigenvalue weighted by molar-refractivity contribution is 5.27. The maximum Gasteiger partial charge on any atom is 0.0662 e. The maximum absolute atomic E-state index is 4.35. The van der Waals surface area contributed by atoms with E-state index in [2.05, 4.69) is 65.2 Å². The van der Waals surface area contributed by atoms with E-state index in [0.29, 0.717) is 6.04 Å². The van der Waals surface area contributed by atoms with Crippen LogP contribution in [-0.2, 0) is 19.6 Å². The average Bonchev–Trinajstić information content (AvgIpc) is 3.16. The number of nitrogens with zero attached hydrogens (tertiary/aromatic N) is 4. The third kappa shape index (κ3) is 4.77. The number of benzene rings is 1. The number of aromatic nitrogens is 3. The van der Waals surface area contributed by atoms with Crippen LogP contribution in [0.15, 0.2) is 67.3 Å². The molecule has 0 unspecified atom stereocenters. The van der Waals surface area contributed by atoms with Crippen LogP contribution in [0.5, 0.6) is 0 Å². The third-order valence-electron chi connectivity index (χ3n) is 4.73. The summed E-state index contributed by atoms with van der Waals surface area (Å²) in [5.74, 6) is 0. The van der Waals surface area contributed by atoms with Crippen LogP contribution in [0.2, 0.25) is 0 Å². The molecule has 2 aromatic heterocycles. The van der Waals surface area contributed by atoms with Gasteiger partial charge in [0.2, 0.25) is 0 Å². The van der Waals surface area contributed by atoms with Crippen LogP contribution in [0.4, 0.5) is 0 Å². The van der Waals surface area contributed by atoms with Crippen LogP contribution < -0.4 is 0 Å². The van der Waals surface area contributed by atoms with Gasteiger partial charge in [-0.3, -0.25) is 14.6 Å². The van der Waals surface area contributed by atoms with Crippen LogP contribution >= 0.6 is 0 Å². The largest absolute Gasteiger partial charge is 0.292 e. The second-order valence-electron chi connectivity index (χ2n) is 6.49. The highest BCUT2D eigenvalue weighted by Gasteiger charge is 2.15. The predicted octanol–water partition coefficient (Wildman–Crippen LogP) is 4.13. The van der Waals surface area contributed by atoms with Gasteiger partial charge < -0.3 is 0 Å². The zero-order valence-electron chi connectivity index (χ0n) is 15.0. The fourth-order valence-electron chi connectivity index (χ4n) is 3.00. The fraction of sp³-hybridized carbons (Fsp3) is 0.333. The van der Waals surface area contributed by atoms with E-state index >= 15 is 0 Å². The van der Waals surface area contributed by atoms with Crippen molar-refractivity contribution in [2.24, 2.45) is 0 Å². The zero-order valence-corrected chi connectivity index (χ0v) is 15.0. The van der Waals surface area contributed by atoms with Gasteiger partial charge in [0.1, 0.15) is 0 Å². The van der Waals surface area contributed by atoms with E-state index in [4.69, 9.17) is 0 Å². The SMILES string of the molecule is CC[C@H](C)N(Cc1ccncc1)Cc1ccccc1Cn1cccn1. The van der Waals surface area contributed by atoms with E-state index in [1.807, 2.05) is 35.5 Å². The van der Waals surface area contributed by atoms with E-state index in [-0.39, 0.29) is 0 Å². The molecule has 4 heteroatoms. The second-order valence-corrected chi connectivity index (χ2v) is 6.49. The lowest BCUT2D eigenvalue weighted by Crippen LogP contribution is -2.32. The Labute approximate surface area is 150 Å². The lowest BCUT2D eigenvalue weighted by Gasteiger charge is -2.29. The molecule has 25 heavy (non-hydrogen) atoms. The van der Waals surface area contributed by atoms with Gasteiger partial charge in [0.15, 0.2) is 0 Å². The molecule has 0 radical (unpaired) electrons. The number of hydrogen-bond donors (Lipinski definition) is 0. The Hall–Kier alpha value is -2.46. The molecular formula is C21H26N4. The van der Waals surface area contributed by atoms with E-state index < -0.39 is 0 Å². The summed E-state index contributed by atoms with van der Waals surface area (Å²) in [4.78, 5) is 6.67. The van der Waals surface area contributed by atoms with Gasteiger partial charge in [0, 0.05) is 43.9 Å². The first-order valence-electron chi connectivity index (χ1n) is 8.93. The van der Waals surface area contributed by atoms with Crippen molar-refractivity contribution in [2.45, 2.75) is 45.9 Å². The predicted molar refractivity (Wildman–Crippen MR) is 101 cm³/mol. The van der Waals surface area contributed by atoms with Crippen molar-refractivity contribution in [3.8, 4) is 0 Å². The molecule has 1 atom stereocenters. The highest BCUT2D eigenvalue weighted by Crippen LogP contribution is 2.18. The summed E-state index contributed by atoms with van der Waals surface area (Å²) in [5.41, 5.74) is 4.00. The Balaban J connectivity index is 1.79. The summed E-state index contributed by atoms with van der Waals surface area (Å²) in [5, 5.41) is 4.35. The van der Waals surface area contributed by atoms with Crippen LogP contribution in [0.25, 0.3) is 0 Å². The Morgan fingerprint density at radius 1 is 0.960 bits per heavy atom. The summed E-state index contributed by atoms with van der Waals surface area (Å²) in [6.07, 6.45) is 8.72.